The molecule has 1 aliphatic carbocycles. The highest BCUT2D eigenvalue weighted by Crippen LogP contribution is 2.39. The molecular formula is C20H23NO2S. The van der Waals surface area contributed by atoms with Gasteiger partial charge < -0.3 is 9.84 Å². The number of phenols is 1. The van der Waals surface area contributed by atoms with Crippen LogP contribution in [0.3, 0.4) is 0 Å². The molecule has 0 bridgehead atoms. The van der Waals surface area contributed by atoms with Crippen LogP contribution in [0, 0.1) is 5.92 Å². The lowest BCUT2D eigenvalue weighted by atomic mass is 9.94. The van der Waals surface area contributed by atoms with E-state index in [1.807, 2.05) is 12.1 Å². The quantitative estimate of drug-likeness (QED) is 0.823. The Labute approximate surface area is 147 Å². The molecule has 1 aromatic carbocycles. The molecule has 0 fully saturated rings. The maximum atomic E-state index is 10.4. The lowest BCUT2D eigenvalue weighted by Crippen LogP contribution is -2.31. The topological polar surface area (TPSA) is 32.7 Å². The first-order chi connectivity index (χ1) is 11.8. The third-order valence-electron chi connectivity index (χ3n) is 4.89. The molecule has 2 heterocycles. The number of benzene rings is 1. The van der Waals surface area contributed by atoms with Crippen molar-refractivity contribution in [2.45, 2.75) is 25.8 Å². The van der Waals surface area contributed by atoms with Gasteiger partial charge in [0.1, 0.15) is 6.61 Å². The first-order valence-corrected chi connectivity index (χ1v) is 9.57. The van der Waals surface area contributed by atoms with Crippen LogP contribution in [0.15, 0.2) is 41.8 Å². The largest absolute Gasteiger partial charge is 0.504 e. The fourth-order valence-corrected chi connectivity index (χ4v) is 4.40. The summed E-state index contributed by atoms with van der Waals surface area (Å²) in [5, 5.41) is 12.5. The smallest absolute Gasteiger partial charge is 0.165 e. The Morgan fingerprint density at radius 1 is 1.29 bits per heavy atom. The third kappa shape index (κ3) is 3.35. The van der Waals surface area contributed by atoms with Crippen LogP contribution >= 0.6 is 11.3 Å². The van der Waals surface area contributed by atoms with E-state index in [9.17, 15) is 5.11 Å². The van der Waals surface area contributed by atoms with Gasteiger partial charge in [-0.3, -0.25) is 4.90 Å². The second-order valence-corrected chi connectivity index (χ2v) is 7.64. The van der Waals surface area contributed by atoms with E-state index in [-0.39, 0.29) is 5.75 Å². The van der Waals surface area contributed by atoms with E-state index < -0.39 is 0 Å². The van der Waals surface area contributed by atoms with Gasteiger partial charge in [-0.15, -0.1) is 11.3 Å². The number of rotatable bonds is 3. The van der Waals surface area contributed by atoms with E-state index in [2.05, 4.69) is 34.6 Å². The molecule has 3 nitrogen and oxygen atoms in total. The zero-order valence-corrected chi connectivity index (χ0v) is 14.6. The molecule has 1 atom stereocenters. The number of allylic oxidation sites excluding steroid dienone is 2. The normalized spacial score (nSPS) is 21.1. The Morgan fingerprint density at radius 2 is 2.25 bits per heavy atom. The van der Waals surface area contributed by atoms with Crippen LogP contribution in [0.5, 0.6) is 11.5 Å². The summed E-state index contributed by atoms with van der Waals surface area (Å²) in [5.74, 6) is 1.67. The summed E-state index contributed by atoms with van der Waals surface area (Å²) in [6.07, 6.45) is 8.28. The molecule has 4 heteroatoms. The van der Waals surface area contributed by atoms with Gasteiger partial charge in [-0.05, 0) is 54.3 Å². The first kappa shape index (κ1) is 15.7. The van der Waals surface area contributed by atoms with Crippen molar-refractivity contribution >= 4 is 11.3 Å². The van der Waals surface area contributed by atoms with Crippen LogP contribution in [-0.2, 0) is 6.54 Å². The van der Waals surface area contributed by atoms with Crippen LogP contribution in [-0.4, -0.2) is 29.7 Å². The highest BCUT2D eigenvalue weighted by atomic mass is 32.1. The monoisotopic (exact) mass is 341 g/mol. The fourth-order valence-electron chi connectivity index (χ4n) is 3.68. The van der Waals surface area contributed by atoms with E-state index in [1.165, 1.54) is 24.1 Å². The van der Waals surface area contributed by atoms with Gasteiger partial charge in [-0.1, -0.05) is 18.2 Å². The standard InChI is InChI=1S/C20H23NO2S/c22-18-12-16(19-7-4-10-24-19)11-17-14-21(8-9-23-20(17)18)13-15-5-2-1-3-6-15/h1-2,4,7,10-12,15,22H,3,5-6,8-9,13-14H2. The van der Waals surface area contributed by atoms with Crippen molar-refractivity contribution in [2.75, 3.05) is 19.7 Å². The van der Waals surface area contributed by atoms with Crippen LogP contribution in [0.4, 0.5) is 0 Å². The van der Waals surface area contributed by atoms with Gasteiger partial charge >= 0.3 is 0 Å². The molecule has 0 amide bonds. The molecule has 4 rings (SSSR count). The molecule has 1 aliphatic heterocycles. The summed E-state index contributed by atoms with van der Waals surface area (Å²) < 4.78 is 5.87. The Morgan fingerprint density at radius 3 is 3.04 bits per heavy atom. The number of aromatic hydroxyl groups is 1. The maximum absolute atomic E-state index is 10.4. The SMILES string of the molecule is Oc1cc(-c2cccs2)cc2c1OCCN(CC1CC=CCC1)C2. The molecule has 2 aliphatic rings. The van der Waals surface area contributed by atoms with Gasteiger partial charge in [-0.2, -0.15) is 0 Å². The van der Waals surface area contributed by atoms with E-state index in [1.54, 1.807) is 11.3 Å². The zero-order chi connectivity index (χ0) is 16.4. The number of thiophene rings is 1. The van der Waals surface area contributed by atoms with E-state index in [0.29, 0.717) is 12.4 Å². The molecule has 1 aromatic heterocycles. The van der Waals surface area contributed by atoms with E-state index in [0.717, 1.165) is 36.7 Å². The van der Waals surface area contributed by atoms with Crippen molar-refractivity contribution in [1.82, 2.24) is 4.90 Å². The molecule has 0 saturated heterocycles. The van der Waals surface area contributed by atoms with Crippen LogP contribution < -0.4 is 4.74 Å². The van der Waals surface area contributed by atoms with Crippen molar-refractivity contribution in [3.63, 3.8) is 0 Å². The summed E-state index contributed by atoms with van der Waals surface area (Å²) in [7, 11) is 0. The minimum Gasteiger partial charge on any atom is -0.504 e. The fraction of sp³-hybridized carbons (Fsp3) is 0.400. The number of phenolic OH excluding ortho intramolecular Hbond substituents is 1. The summed E-state index contributed by atoms with van der Waals surface area (Å²) in [4.78, 5) is 3.66. The molecule has 0 saturated carbocycles. The van der Waals surface area contributed by atoms with Crippen molar-refractivity contribution < 1.29 is 9.84 Å². The van der Waals surface area contributed by atoms with Gasteiger partial charge in [0.15, 0.2) is 11.5 Å². The van der Waals surface area contributed by atoms with Crippen LogP contribution in [0.1, 0.15) is 24.8 Å². The predicted octanol–water partition coefficient (Wildman–Crippen LogP) is 4.67. The molecule has 2 aromatic rings. The maximum Gasteiger partial charge on any atom is 0.165 e. The van der Waals surface area contributed by atoms with Gasteiger partial charge in [0.25, 0.3) is 0 Å². The molecule has 24 heavy (non-hydrogen) atoms. The molecule has 0 spiro atoms. The number of hydrogen-bond donors (Lipinski definition) is 1. The Balaban J connectivity index is 1.57. The second-order valence-electron chi connectivity index (χ2n) is 6.69. The molecule has 126 valence electrons. The zero-order valence-electron chi connectivity index (χ0n) is 13.8. The molecular weight excluding hydrogens is 318 g/mol. The molecule has 1 N–H and O–H groups in total. The van der Waals surface area contributed by atoms with Gasteiger partial charge in [0, 0.05) is 30.1 Å². The second kappa shape index (κ2) is 6.99. The van der Waals surface area contributed by atoms with Gasteiger partial charge in [0.05, 0.1) is 0 Å². The lowest BCUT2D eigenvalue weighted by Gasteiger charge is -2.26. The minimum absolute atomic E-state index is 0.262. The average Bonchev–Trinajstić information content (AvgIpc) is 3.05. The highest BCUT2D eigenvalue weighted by Gasteiger charge is 2.22. The van der Waals surface area contributed by atoms with Gasteiger partial charge in [-0.25, -0.2) is 0 Å². The van der Waals surface area contributed by atoms with Crippen LogP contribution in [0.2, 0.25) is 0 Å². The van der Waals surface area contributed by atoms with Crippen LogP contribution in [0.25, 0.3) is 10.4 Å². The molecule has 1 unspecified atom stereocenters. The number of ether oxygens (including phenoxy) is 1. The average molecular weight is 341 g/mol. The predicted molar refractivity (Wildman–Crippen MR) is 98.7 cm³/mol. The number of nitrogens with zero attached hydrogens (tertiary/aromatic N) is 1. The van der Waals surface area contributed by atoms with E-state index >= 15 is 0 Å². The summed E-state index contributed by atoms with van der Waals surface area (Å²) in [6, 6.07) is 8.14. The lowest BCUT2D eigenvalue weighted by molar-refractivity contribution is 0.192. The first-order valence-electron chi connectivity index (χ1n) is 8.69. The summed E-state index contributed by atoms with van der Waals surface area (Å²) in [6.45, 7) is 3.52. The van der Waals surface area contributed by atoms with Crippen molar-refractivity contribution in [3.8, 4) is 21.9 Å². The molecule has 0 radical (unpaired) electrons. The van der Waals surface area contributed by atoms with Crippen molar-refractivity contribution in [2.24, 2.45) is 5.92 Å². The number of hydrogen-bond acceptors (Lipinski definition) is 4. The van der Waals surface area contributed by atoms with Crippen molar-refractivity contribution in [3.05, 3.63) is 47.4 Å². The Bertz CT molecular complexity index is 723. The summed E-state index contributed by atoms with van der Waals surface area (Å²) >= 11 is 1.70. The van der Waals surface area contributed by atoms with Gasteiger partial charge in [0.2, 0.25) is 0 Å². The minimum atomic E-state index is 0.262. The summed E-state index contributed by atoms with van der Waals surface area (Å²) in [5.41, 5.74) is 2.18. The Hall–Kier alpha value is -1.78. The number of fused-ring (bicyclic) bond motifs is 1. The Kier molecular flexibility index (Phi) is 4.58. The highest BCUT2D eigenvalue weighted by molar-refractivity contribution is 7.13. The van der Waals surface area contributed by atoms with Crippen molar-refractivity contribution in [1.29, 1.82) is 0 Å². The third-order valence-corrected chi connectivity index (χ3v) is 5.81. The van der Waals surface area contributed by atoms with E-state index in [4.69, 9.17) is 4.74 Å².